The minimum absolute atomic E-state index is 0. The summed E-state index contributed by atoms with van der Waals surface area (Å²) in [6.45, 7) is 5.83. The average molecular weight is 488 g/mol. The lowest BCUT2D eigenvalue weighted by molar-refractivity contribution is -0.181. The molecule has 1 N–H and O–H groups in total. The third kappa shape index (κ3) is 6.57. The van der Waals surface area contributed by atoms with Crippen molar-refractivity contribution in [1.82, 2.24) is 15.1 Å². The highest BCUT2D eigenvalue weighted by Crippen LogP contribution is 2.25. The van der Waals surface area contributed by atoms with E-state index in [0.29, 0.717) is 45.2 Å². The fourth-order valence-electron chi connectivity index (χ4n) is 2.71. The summed E-state index contributed by atoms with van der Waals surface area (Å²) >= 11 is 0. The molecule has 1 aliphatic rings. The predicted molar refractivity (Wildman–Crippen MR) is 105 cm³/mol. The SMILES string of the molecule is CCNC(=NCc1ccc(F)cc1)N1CCN(C(C)C(F)(F)F)CC1.I. The zero-order valence-corrected chi connectivity index (χ0v) is 17.2. The molecule has 1 atom stereocenters. The molecule has 0 aliphatic carbocycles. The Kier molecular flexibility index (Phi) is 9.08. The van der Waals surface area contributed by atoms with E-state index in [9.17, 15) is 17.6 Å². The minimum atomic E-state index is -4.21. The Balaban J connectivity index is 0.00000338. The van der Waals surface area contributed by atoms with E-state index in [1.54, 1.807) is 12.1 Å². The van der Waals surface area contributed by atoms with Gasteiger partial charge in [-0.3, -0.25) is 4.90 Å². The number of aliphatic imine (C=N–C) groups is 1. The number of hydrogen-bond donors (Lipinski definition) is 1. The summed E-state index contributed by atoms with van der Waals surface area (Å²) in [5, 5.41) is 3.17. The van der Waals surface area contributed by atoms with E-state index >= 15 is 0 Å². The Labute approximate surface area is 168 Å². The molecule has 1 aromatic carbocycles. The molecule has 148 valence electrons. The van der Waals surface area contributed by atoms with Crippen LogP contribution >= 0.6 is 24.0 Å². The third-order valence-electron chi connectivity index (χ3n) is 4.29. The lowest BCUT2D eigenvalue weighted by atomic mass is 10.2. The van der Waals surface area contributed by atoms with Gasteiger partial charge in [0.2, 0.25) is 0 Å². The molecule has 0 aromatic heterocycles. The predicted octanol–water partition coefficient (Wildman–Crippen LogP) is 3.48. The molecule has 1 fully saturated rings. The Hall–Kier alpha value is -1.10. The van der Waals surface area contributed by atoms with Crippen molar-refractivity contribution in [3.05, 3.63) is 35.6 Å². The summed E-state index contributed by atoms with van der Waals surface area (Å²) < 4.78 is 51.4. The van der Waals surface area contributed by atoms with Gasteiger partial charge in [0.15, 0.2) is 5.96 Å². The van der Waals surface area contributed by atoms with Crippen LogP contribution in [0.25, 0.3) is 0 Å². The van der Waals surface area contributed by atoms with Crippen LogP contribution in [0.15, 0.2) is 29.3 Å². The lowest BCUT2D eigenvalue weighted by Crippen LogP contribution is -2.56. The molecule has 1 aliphatic heterocycles. The minimum Gasteiger partial charge on any atom is -0.357 e. The summed E-state index contributed by atoms with van der Waals surface area (Å²) in [4.78, 5) is 7.93. The van der Waals surface area contributed by atoms with E-state index < -0.39 is 12.2 Å². The van der Waals surface area contributed by atoms with Gasteiger partial charge in [0, 0.05) is 32.7 Å². The first-order chi connectivity index (χ1) is 11.8. The number of hydrogen-bond acceptors (Lipinski definition) is 2. The zero-order chi connectivity index (χ0) is 18.4. The summed E-state index contributed by atoms with van der Waals surface area (Å²) in [7, 11) is 0. The van der Waals surface area contributed by atoms with E-state index in [1.807, 2.05) is 11.8 Å². The molecule has 4 nitrogen and oxygen atoms in total. The van der Waals surface area contributed by atoms with E-state index in [-0.39, 0.29) is 29.8 Å². The lowest BCUT2D eigenvalue weighted by Gasteiger charge is -2.39. The van der Waals surface area contributed by atoms with Crippen LogP contribution in [0, 0.1) is 5.82 Å². The van der Waals surface area contributed by atoms with Gasteiger partial charge in [0.05, 0.1) is 6.54 Å². The van der Waals surface area contributed by atoms with E-state index in [1.165, 1.54) is 24.0 Å². The summed E-state index contributed by atoms with van der Waals surface area (Å²) in [6, 6.07) is 4.68. The third-order valence-corrected chi connectivity index (χ3v) is 4.29. The van der Waals surface area contributed by atoms with Gasteiger partial charge in [0.25, 0.3) is 0 Å². The van der Waals surface area contributed by atoms with Crippen molar-refractivity contribution in [2.24, 2.45) is 4.99 Å². The van der Waals surface area contributed by atoms with Gasteiger partial charge in [-0.1, -0.05) is 12.1 Å². The van der Waals surface area contributed by atoms with Crippen LogP contribution in [0.2, 0.25) is 0 Å². The maximum atomic E-state index is 12.9. The molecule has 0 bridgehead atoms. The second-order valence-corrected chi connectivity index (χ2v) is 6.04. The van der Waals surface area contributed by atoms with Crippen molar-refractivity contribution in [2.75, 3.05) is 32.7 Å². The van der Waals surface area contributed by atoms with E-state index in [2.05, 4.69) is 10.3 Å². The fourth-order valence-corrected chi connectivity index (χ4v) is 2.71. The Morgan fingerprint density at radius 1 is 1.15 bits per heavy atom. The molecule has 0 spiro atoms. The smallest absolute Gasteiger partial charge is 0.357 e. The highest BCUT2D eigenvalue weighted by molar-refractivity contribution is 14.0. The molecule has 1 saturated heterocycles. The van der Waals surface area contributed by atoms with Gasteiger partial charge in [-0.05, 0) is 31.5 Å². The molecular formula is C17H25F4IN4. The van der Waals surface area contributed by atoms with Crippen molar-refractivity contribution in [3.8, 4) is 0 Å². The number of alkyl halides is 3. The first-order valence-corrected chi connectivity index (χ1v) is 8.39. The molecule has 1 unspecified atom stereocenters. The Morgan fingerprint density at radius 2 is 1.73 bits per heavy atom. The topological polar surface area (TPSA) is 30.9 Å². The normalized spacial score (nSPS) is 17.6. The number of guanidine groups is 1. The zero-order valence-electron chi connectivity index (χ0n) is 14.9. The van der Waals surface area contributed by atoms with Crippen molar-refractivity contribution < 1.29 is 17.6 Å². The maximum absolute atomic E-state index is 12.9. The fraction of sp³-hybridized carbons (Fsp3) is 0.588. The molecule has 0 saturated carbocycles. The molecule has 26 heavy (non-hydrogen) atoms. The van der Waals surface area contributed by atoms with Crippen LogP contribution in [0.3, 0.4) is 0 Å². The number of nitrogens with one attached hydrogen (secondary N) is 1. The van der Waals surface area contributed by atoms with Gasteiger partial charge < -0.3 is 10.2 Å². The molecule has 1 heterocycles. The van der Waals surface area contributed by atoms with Crippen LogP contribution in [-0.2, 0) is 6.54 Å². The van der Waals surface area contributed by atoms with Gasteiger partial charge >= 0.3 is 6.18 Å². The number of nitrogens with zero attached hydrogens (tertiary/aromatic N) is 3. The number of piperazine rings is 1. The molecule has 2 rings (SSSR count). The highest BCUT2D eigenvalue weighted by Gasteiger charge is 2.41. The van der Waals surface area contributed by atoms with Crippen LogP contribution in [-0.4, -0.2) is 60.7 Å². The monoisotopic (exact) mass is 488 g/mol. The van der Waals surface area contributed by atoms with Crippen LogP contribution in [0.4, 0.5) is 17.6 Å². The molecular weight excluding hydrogens is 463 g/mol. The first-order valence-electron chi connectivity index (χ1n) is 8.39. The number of rotatable bonds is 4. The molecule has 9 heteroatoms. The van der Waals surface area contributed by atoms with Crippen LogP contribution in [0.5, 0.6) is 0 Å². The van der Waals surface area contributed by atoms with E-state index in [0.717, 1.165) is 5.56 Å². The van der Waals surface area contributed by atoms with Crippen molar-refractivity contribution in [2.45, 2.75) is 32.6 Å². The largest absolute Gasteiger partial charge is 0.403 e. The Morgan fingerprint density at radius 3 is 2.23 bits per heavy atom. The van der Waals surface area contributed by atoms with Gasteiger partial charge in [-0.2, -0.15) is 13.2 Å². The second kappa shape index (κ2) is 10.3. The van der Waals surface area contributed by atoms with Gasteiger partial charge in [-0.15, -0.1) is 24.0 Å². The molecule has 1 aromatic rings. The maximum Gasteiger partial charge on any atom is 0.403 e. The Bertz CT molecular complexity index is 569. The molecule has 0 amide bonds. The number of benzene rings is 1. The summed E-state index contributed by atoms with van der Waals surface area (Å²) in [6.07, 6.45) is -4.21. The molecule has 0 radical (unpaired) electrons. The number of halogens is 5. The summed E-state index contributed by atoms with van der Waals surface area (Å²) in [5.74, 6) is 0.376. The van der Waals surface area contributed by atoms with Crippen LogP contribution in [0.1, 0.15) is 19.4 Å². The van der Waals surface area contributed by atoms with Crippen molar-refractivity contribution in [1.29, 1.82) is 0 Å². The van der Waals surface area contributed by atoms with Gasteiger partial charge in [0.1, 0.15) is 11.9 Å². The van der Waals surface area contributed by atoms with Crippen LogP contribution < -0.4 is 5.32 Å². The average Bonchev–Trinajstić information content (AvgIpc) is 2.59. The van der Waals surface area contributed by atoms with Crippen molar-refractivity contribution in [3.63, 3.8) is 0 Å². The first kappa shape index (κ1) is 22.9. The second-order valence-electron chi connectivity index (χ2n) is 6.04. The highest BCUT2D eigenvalue weighted by atomic mass is 127. The van der Waals surface area contributed by atoms with Crippen molar-refractivity contribution >= 4 is 29.9 Å². The van der Waals surface area contributed by atoms with E-state index in [4.69, 9.17) is 0 Å². The van der Waals surface area contributed by atoms with Gasteiger partial charge in [-0.25, -0.2) is 9.38 Å². The standard InChI is InChI=1S/C17H24F4N4.HI/c1-3-22-16(23-12-14-4-6-15(18)7-5-14)25-10-8-24(9-11-25)13(2)17(19,20)21;/h4-7,13H,3,8-12H2,1-2H3,(H,22,23);1H. The summed E-state index contributed by atoms with van der Waals surface area (Å²) in [5.41, 5.74) is 0.876. The quantitative estimate of drug-likeness (QED) is 0.305.